The lowest BCUT2D eigenvalue weighted by Gasteiger charge is -2.14. The minimum absolute atomic E-state index is 0.603. The van der Waals surface area contributed by atoms with E-state index in [9.17, 15) is 0 Å². The van der Waals surface area contributed by atoms with E-state index in [1.165, 1.54) is 11.1 Å². The van der Waals surface area contributed by atoms with E-state index in [4.69, 9.17) is 11.6 Å². The van der Waals surface area contributed by atoms with E-state index in [1.807, 2.05) is 12.1 Å². The monoisotopic (exact) mass is 322 g/mol. The van der Waals surface area contributed by atoms with Gasteiger partial charge in [-0.25, -0.2) is 0 Å². The van der Waals surface area contributed by atoms with Gasteiger partial charge in [-0.2, -0.15) is 0 Å². The molecular weight excluding hydrogens is 308 g/mol. The molecule has 0 heterocycles. The van der Waals surface area contributed by atoms with Gasteiger partial charge in [0.15, 0.2) is 0 Å². The molecule has 18 heavy (non-hydrogen) atoms. The van der Waals surface area contributed by atoms with Gasteiger partial charge >= 0.3 is 0 Å². The predicted octanol–water partition coefficient (Wildman–Crippen LogP) is 5.14. The Bertz CT molecular complexity index is 481. The van der Waals surface area contributed by atoms with Crippen molar-refractivity contribution >= 4 is 27.5 Å². The highest BCUT2D eigenvalue weighted by molar-refractivity contribution is 9.09. The third-order valence-corrected chi connectivity index (χ3v) is 4.15. The van der Waals surface area contributed by atoms with E-state index >= 15 is 0 Å². The third kappa shape index (κ3) is 4.15. The summed E-state index contributed by atoms with van der Waals surface area (Å²) in [6.07, 6.45) is 2.15. The van der Waals surface area contributed by atoms with Gasteiger partial charge in [-0.05, 0) is 42.0 Å². The van der Waals surface area contributed by atoms with Gasteiger partial charge in [0.1, 0.15) is 0 Å². The van der Waals surface area contributed by atoms with Crippen LogP contribution in [0.5, 0.6) is 0 Å². The summed E-state index contributed by atoms with van der Waals surface area (Å²) in [6.45, 7) is 0. The van der Waals surface area contributed by atoms with Crippen LogP contribution >= 0.6 is 27.5 Å². The number of rotatable bonds is 5. The molecular formula is C16H16BrCl. The second-order valence-corrected chi connectivity index (χ2v) is 5.63. The fraction of sp³-hybridized carbons (Fsp3) is 0.250. The van der Waals surface area contributed by atoms with Crippen LogP contribution in [0.15, 0.2) is 54.6 Å². The lowest BCUT2D eigenvalue weighted by atomic mass is 9.94. The first kappa shape index (κ1) is 13.6. The summed E-state index contributed by atoms with van der Waals surface area (Å²) >= 11 is 9.64. The molecule has 0 bridgehead atoms. The van der Waals surface area contributed by atoms with Crippen molar-refractivity contribution < 1.29 is 0 Å². The van der Waals surface area contributed by atoms with Crippen molar-refractivity contribution in [2.75, 3.05) is 5.33 Å². The predicted molar refractivity (Wildman–Crippen MR) is 82.6 cm³/mol. The number of halogens is 2. The second-order valence-electron chi connectivity index (χ2n) is 4.54. The molecule has 0 aliphatic rings. The van der Waals surface area contributed by atoms with E-state index in [2.05, 4.69) is 58.4 Å². The molecule has 1 atom stereocenters. The van der Waals surface area contributed by atoms with E-state index in [-0.39, 0.29) is 0 Å². The minimum atomic E-state index is 0.603. The van der Waals surface area contributed by atoms with Gasteiger partial charge in [-0.15, -0.1) is 0 Å². The third-order valence-electron chi connectivity index (χ3n) is 3.00. The van der Waals surface area contributed by atoms with Crippen molar-refractivity contribution in [1.29, 1.82) is 0 Å². The Hall–Kier alpha value is -0.790. The largest absolute Gasteiger partial charge is 0.0925 e. The highest BCUT2D eigenvalue weighted by atomic mass is 79.9. The van der Waals surface area contributed by atoms with Gasteiger partial charge in [-0.1, -0.05) is 70.0 Å². The average molecular weight is 324 g/mol. The average Bonchev–Trinajstić information content (AvgIpc) is 2.39. The van der Waals surface area contributed by atoms with E-state index in [1.54, 1.807) is 0 Å². The summed E-state index contributed by atoms with van der Waals surface area (Å²) in [4.78, 5) is 0. The maximum absolute atomic E-state index is 6.02. The van der Waals surface area contributed by atoms with Crippen molar-refractivity contribution in [2.24, 2.45) is 5.92 Å². The van der Waals surface area contributed by atoms with Crippen LogP contribution < -0.4 is 0 Å². The van der Waals surface area contributed by atoms with Crippen LogP contribution in [-0.4, -0.2) is 5.33 Å². The van der Waals surface area contributed by atoms with Crippen LogP contribution in [0.25, 0.3) is 0 Å². The van der Waals surface area contributed by atoms with E-state index < -0.39 is 0 Å². The summed E-state index contributed by atoms with van der Waals surface area (Å²) in [5, 5.41) is 1.83. The molecule has 2 rings (SSSR count). The zero-order valence-electron chi connectivity index (χ0n) is 10.2. The number of hydrogen-bond acceptors (Lipinski definition) is 0. The number of benzene rings is 2. The lowest BCUT2D eigenvalue weighted by molar-refractivity contribution is 0.591. The van der Waals surface area contributed by atoms with Crippen LogP contribution in [0.1, 0.15) is 11.1 Å². The molecule has 0 N–H and O–H groups in total. The normalized spacial score (nSPS) is 12.3. The van der Waals surface area contributed by atoms with Crippen molar-refractivity contribution in [2.45, 2.75) is 12.8 Å². The SMILES string of the molecule is Clc1cccc(CC(CBr)Cc2ccccc2)c1. The Labute approximate surface area is 122 Å². The molecule has 0 fully saturated rings. The molecule has 0 aliphatic heterocycles. The first-order valence-electron chi connectivity index (χ1n) is 6.12. The van der Waals surface area contributed by atoms with Gasteiger partial charge in [0.05, 0.1) is 0 Å². The molecule has 2 heteroatoms. The number of hydrogen-bond donors (Lipinski definition) is 0. The fourth-order valence-corrected chi connectivity index (χ4v) is 2.80. The van der Waals surface area contributed by atoms with Crippen LogP contribution in [-0.2, 0) is 12.8 Å². The lowest BCUT2D eigenvalue weighted by Crippen LogP contribution is -2.09. The molecule has 2 aromatic carbocycles. The van der Waals surface area contributed by atoms with Crippen molar-refractivity contribution in [1.82, 2.24) is 0 Å². The van der Waals surface area contributed by atoms with Crippen LogP contribution in [0.2, 0.25) is 5.02 Å². The van der Waals surface area contributed by atoms with Gasteiger partial charge in [0.2, 0.25) is 0 Å². The summed E-state index contributed by atoms with van der Waals surface area (Å²) in [7, 11) is 0. The topological polar surface area (TPSA) is 0 Å². The summed E-state index contributed by atoms with van der Waals surface area (Å²) < 4.78 is 0. The van der Waals surface area contributed by atoms with Crippen molar-refractivity contribution in [3.63, 3.8) is 0 Å². The zero-order chi connectivity index (χ0) is 12.8. The molecule has 0 aromatic heterocycles. The standard InChI is InChI=1S/C16H16BrCl/c17-12-15(9-13-5-2-1-3-6-13)10-14-7-4-8-16(18)11-14/h1-8,11,15H,9-10,12H2. The first-order chi connectivity index (χ1) is 8.78. The molecule has 2 aromatic rings. The number of alkyl halides is 1. The van der Waals surface area contributed by atoms with Gasteiger partial charge in [0.25, 0.3) is 0 Å². The molecule has 0 spiro atoms. The van der Waals surface area contributed by atoms with Crippen LogP contribution in [0.4, 0.5) is 0 Å². The van der Waals surface area contributed by atoms with Crippen molar-refractivity contribution in [3.8, 4) is 0 Å². The minimum Gasteiger partial charge on any atom is -0.0925 e. The quantitative estimate of drug-likeness (QED) is 0.669. The molecule has 1 unspecified atom stereocenters. The van der Waals surface area contributed by atoms with Gasteiger partial charge in [-0.3, -0.25) is 0 Å². The first-order valence-corrected chi connectivity index (χ1v) is 7.62. The molecule has 0 saturated carbocycles. The maximum atomic E-state index is 6.02. The highest BCUT2D eigenvalue weighted by Crippen LogP contribution is 2.19. The van der Waals surface area contributed by atoms with Crippen molar-refractivity contribution in [3.05, 3.63) is 70.7 Å². The smallest absolute Gasteiger partial charge is 0.0408 e. The molecule has 0 nitrogen and oxygen atoms in total. The molecule has 0 radical (unpaired) electrons. The summed E-state index contributed by atoms with van der Waals surface area (Å²) in [5.41, 5.74) is 2.70. The van der Waals surface area contributed by atoms with Gasteiger partial charge in [0, 0.05) is 10.4 Å². The Kier molecular flexibility index (Phi) is 5.27. The molecule has 94 valence electrons. The Balaban J connectivity index is 2.01. The second kappa shape index (κ2) is 6.96. The Morgan fingerprint density at radius 2 is 1.56 bits per heavy atom. The highest BCUT2D eigenvalue weighted by Gasteiger charge is 2.09. The molecule has 0 aliphatic carbocycles. The summed E-state index contributed by atoms with van der Waals surface area (Å²) in [5.74, 6) is 0.603. The zero-order valence-corrected chi connectivity index (χ0v) is 12.5. The maximum Gasteiger partial charge on any atom is 0.0408 e. The van der Waals surface area contributed by atoms with E-state index in [0.717, 1.165) is 23.2 Å². The Morgan fingerprint density at radius 3 is 2.22 bits per heavy atom. The Morgan fingerprint density at radius 1 is 0.889 bits per heavy atom. The summed E-state index contributed by atoms with van der Waals surface area (Å²) in [6, 6.07) is 18.8. The van der Waals surface area contributed by atoms with Crippen LogP contribution in [0, 0.1) is 5.92 Å². The van der Waals surface area contributed by atoms with Gasteiger partial charge < -0.3 is 0 Å². The van der Waals surface area contributed by atoms with E-state index in [0.29, 0.717) is 5.92 Å². The van der Waals surface area contributed by atoms with Crippen LogP contribution in [0.3, 0.4) is 0 Å². The fourth-order valence-electron chi connectivity index (χ4n) is 2.13. The molecule has 0 saturated heterocycles. The molecule has 0 amide bonds.